The number of methoxy groups -OCH3 is 6. The van der Waals surface area contributed by atoms with Gasteiger partial charge in [-0.05, 0) is 96.5 Å². The van der Waals surface area contributed by atoms with Gasteiger partial charge in [-0.25, -0.2) is 0 Å². The Kier molecular flexibility index (Phi) is 10.3. The van der Waals surface area contributed by atoms with Crippen molar-refractivity contribution in [2.75, 3.05) is 42.7 Å². The minimum Gasteiger partial charge on any atom is -0.502 e. The lowest BCUT2D eigenvalue weighted by molar-refractivity contribution is 0.332. The zero-order chi connectivity index (χ0) is 30.1. The van der Waals surface area contributed by atoms with Crippen LogP contribution in [-0.4, -0.2) is 47.8 Å². The largest absolute Gasteiger partial charge is 0.502 e. The van der Waals surface area contributed by atoms with Crippen molar-refractivity contribution in [2.24, 2.45) is 0 Å². The van der Waals surface area contributed by atoms with E-state index < -0.39 is 0 Å². The third-order valence-electron chi connectivity index (χ3n) is 7.04. The molecule has 0 atom stereocenters. The van der Waals surface area contributed by atoms with Crippen LogP contribution in [-0.2, 0) is 25.7 Å². The Labute approximate surface area is 247 Å². The molecule has 0 saturated carbocycles. The number of hydrogen-bond donors (Lipinski definition) is 1. The molecular formula is C34H38O8. The topological polar surface area (TPSA) is 84.8 Å². The van der Waals surface area contributed by atoms with E-state index in [1.54, 1.807) is 40.6 Å². The summed E-state index contributed by atoms with van der Waals surface area (Å²) >= 11 is 0. The smallest absolute Gasteiger partial charge is 0.211 e. The summed E-state index contributed by atoms with van der Waals surface area (Å²) in [5.41, 5.74) is 4.23. The molecule has 42 heavy (non-hydrogen) atoms. The second-order valence-electron chi connectivity index (χ2n) is 9.62. The normalized spacial score (nSPS) is 10.6. The monoisotopic (exact) mass is 574 g/mol. The number of aromatic hydroxyl groups is 1. The van der Waals surface area contributed by atoms with Gasteiger partial charge in [-0.2, -0.15) is 0 Å². The zero-order valence-corrected chi connectivity index (χ0v) is 25.0. The third-order valence-corrected chi connectivity index (χ3v) is 7.04. The van der Waals surface area contributed by atoms with E-state index in [9.17, 15) is 5.11 Å². The van der Waals surface area contributed by atoms with E-state index >= 15 is 0 Å². The van der Waals surface area contributed by atoms with E-state index in [-0.39, 0.29) is 5.75 Å². The summed E-state index contributed by atoms with van der Waals surface area (Å²) in [6, 6.07) is 21.5. The van der Waals surface area contributed by atoms with Crippen LogP contribution in [0.2, 0.25) is 0 Å². The number of rotatable bonds is 14. The van der Waals surface area contributed by atoms with Crippen LogP contribution < -0.4 is 33.2 Å². The molecule has 4 aromatic carbocycles. The van der Waals surface area contributed by atoms with Crippen molar-refractivity contribution < 1.29 is 38.3 Å². The third kappa shape index (κ3) is 7.13. The lowest BCUT2D eigenvalue weighted by Gasteiger charge is -2.18. The predicted octanol–water partition coefficient (Wildman–Crippen LogP) is 6.81. The molecule has 0 saturated heterocycles. The molecule has 0 fully saturated rings. The molecule has 0 amide bonds. The standard InChI is InChI=1S/C34H38O8/c1-36-26-9-7-8-22(16-26)10-11-23-14-15-27(37-2)28(17-23)42-34-31(40-5)20-25(21-32(34)41-6)13-12-24-18-29(38-3)33(35)30(19-24)39-4/h7-9,14-21,35H,10-13H2,1-6H3. The summed E-state index contributed by atoms with van der Waals surface area (Å²) in [6.07, 6.45) is 3.01. The Morgan fingerprint density at radius 3 is 1.45 bits per heavy atom. The molecule has 4 aromatic rings. The molecule has 8 nitrogen and oxygen atoms in total. The molecule has 0 spiro atoms. The van der Waals surface area contributed by atoms with E-state index in [1.165, 1.54) is 19.8 Å². The van der Waals surface area contributed by atoms with E-state index in [2.05, 4.69) is 6.07 Å². The van der Waals surface area contributed by atoms with Gasteiger partial charge in [-0.3, -0.25) is 0 Å². The maximum atomic E-state index is 10.2. The first kappa shape index (κ1) is 30.2. The van der Waals surface area contributed by atoms with E-state index in [0.29, 0.717) is 53.1 Å². The first-order valence-corrected chi connectivity index (χ1v) is 13.6. The van der Waals surface area contributed by atoms with Crippen molar-refractivity contribution in [1.29, 1.82) is 0 Å². The van der Waals surface area contributed by atoms with Crippen LogP contribution in [0.15, 0.2) is 66.7 Å². The molecule has 222 valence electrons. The zero-order valence-electron chi connectivity index (χ0n) is 25.0. The Hall–Kier alpha value is -4.72. The van der Waals surface area contributed by atoms with Crippen LogP contribution in [0.1, 0.15) is 22.3 Å². The van der Waals surface area contributed by atoms with Gasteiger partial charge < -0.3 is 38.3 Å². The minimum atomic E-state index is -0.0200. The lowest BCUT2D eigenvalue weighted by Crippen LogP contribution is -2.00. The van der Waals surface area contributed by atoms with Gasteiger partial charge in [0.25, 0.3) is 0 Å². The average molecular weight is 575 g/mol. The Morgan fingerprint density at radius 2 is 0.929 bits per heavy atom. The molecule has 0 unspecified atom stereocenters. The number of phenolic OH excluding ortho intramolecular Hbond substituents is 1. The van der Waals surface area contributed by atoms with Gasteiger partial charge in [0.1, 0.15) is 5.75 Å². The number of benzene rings is 4. The van der Waals surface area contributed by atoms with Crippen molar-refractivity contribution in [2.45, 2.75) is 25.7 Å². The molecule has 0 heterocycles. The molecule has 1 N–H and O–H groups in total. The highest BCUT2D eigenvalue weighted by Gasteiger charge is 2.19. The number of ether oxygens (including phenoxy) is 7. The molecule has 0 aromatic heterocycles. The van der Waals surface area contributed by atoms with Gasteiger partial charge in [0.05, 0.1) is 42.7 Å². The molecule has 0 bridgehead atoms. The summed E-state index contributed by atoms with van der Waals surface area (Å²) in [7, 11) is 9.51. The fraction of sp³-hybridized carbons (Fsp3) is 0.294. The Balaban J connectivity index is 1.56. The fourth-order valence-electron chi connectivity index (χ4n) is 4.74. The van der Waals surface area contributed by atoms with Crippen LogP contribution in [0.25, 0.3) is 0 Å². The average Bonchev–Trinajstić information content (AvgIpc) is 3.03. The highest BCUT2D eigenvalue weighted by Crippen LogP contribution is 2.44. The molecule has 0 radical (unpaired) electrons. The SMILES string of the molecule is COc1cccc(CCc2ccc(OC)c(Oc3c(OC)cc(CCc4cc(OC)c(O)c(OC)c4)cc3OC)c2)c1. The van der Waals surface area contributed by atoms with Crippen LogP contribution >= 0.6 is 0 Å². The van der Waals surface area contributed by atoms with Crippen molar-refractivity contribution in [3.8, 4) is 51.7 Å². The van der Waals surface area contributed by atoms with Crippen LogP contribution in [0.5, 0.6) is 51.7 Å². The summed E-state index contributed by atoms with van der Waals surface area (Å²) in [5, 5.41) is 10.2. The van der Waals surface area contributed by atoms with Gasteiger partial charge in [-0.1, -0.05) is 18.2 Å². The second-order valence-corrected chi connectivity index (χ2v) is 9.62. The van der Waals surface area contributed by atoms with Gasteiger partial charge in [0, 0.05) is 0 Å². The van der Waals surface area contributed by atoms with Gasteiger partial charge >= 0.3 is 0 Å². The van der Waals surface area contributed by atoms with Crippen LogP contribution in [0.3, 0.4) is 0 Å². The molecule has 0 aliphatic heterocycles. The van der Waals surface area contributed by atoms with E-state index in [4.69, 9.17) is 33.2 Å². The van der Waals surface area contributed by atoms with Crippen LogP contribution in [0, 0.1) is 0 Å². The predicted molar refractivity (Wildman–Crippen MR) is 162 cm³/mol. The molecule has 4 rings (SSSR count). The highest BCUT2D eigenvalue weighted by atomic mass is 16.6. The summed E-state index contributed by atoms with van der Waals surface area (Å²) in [5.74, 6) is 4.25. The van der Waals surface area contributed by atoms with E-state index in [0.717, 1.165) is 35.3 Å². The highest BCUT2D eigenvalue weighted by molar-refractivity contribution is 5.58. The van der Waals surface area contributed by atoms with Gasteiger partial charge in [0.2, 0.25) is 11.5 Å². The van der Waals surface area contributed by atoms with Gasteiger partial charge in [0.15, 0.2) is 34.5 Å². The van der Waals surface area contributed by atoms with Crippen molar-refractivity contribution >= 4 is 0 Å². The maximum absolute atomic E-state index is 10.2. The molecule has 0 aliphatic rings. The summed E-state index contributed by atoms with van der Waals surface area (Å²) in [4.78, 5) is 0. The number of phenols is 1. The first-order chi connectivity index (χ1) is 20.4. The fourth-order valence-corrected chi connectivity index (χ4v) is 4.74. The Bertz CT molecular complexity index is 1450. The van der Waals surface area contributed by atoms with Crippen molar-refractivity contribution in [3.05, 3.63) is 89.0 Å². The van der Waals surface area contributed by atoms with E-state index in [1.807, 2.05) is 48.5 Å². The number of hydrogen-bond acceptors (Lipinski definition) is 8. The Morgan fingerprint density at radius 1 is 0.452 bits per heavy atom. The second kappa shape index (κ2) is 14.3. The molecular weight excluding hydrogens is 536 g/mol. The van der Waals surface area contributed by atoms with Crippen molar-refractivity contribution in [1.82, 2.24) is 0 Å². The van der Waals surface area contributed by atoms with Crippen LogP contribution in [0.4, 0.5) is 0 Å². The molecule has 0 aliphatic carbocycles. The molecule has 8 heteroatoms. The summed E-state index contributed by atoms with van der Waals surface area (Å²) in [6.45, 7) is 0. The lowest BCUT2D eigenvalue weighted by atomic mass is 10.0. The minimum absolute atomic E-state index is 0.0200. The number of aryl methyl sites for hydroxylation is 4. The quantitative estimate of drug-likeness (QED) is 0.176. The summed E-state index contributed by atoms with van der Waals surface area (Å²) < 4.78 is 39.5. The maximum Gasteiger partial charge on any atom is 0.211 e. The first-order valence-electron chi connectivity index (χ1n) is 13.6. The van der Waals surface area contributed by atoms with Gasteiger partial charge in [-0.15, -0.1) is 0 Å². The van der Waals surface area contributed by atoms with Crippen molar-refractivity contribution in [3.63, 3.8) is 0 Å².